The third-order valence-corrected chi connectivity index (χ3v) is 2.84. The predicted octanol–water partition coefficient (Wildman–Crippen LogP) is 3.07. The van der Waals surface area contributed by atoms with Crippen molar-refractivity contribution in [2.45, 2.75) is 45.3 Å². The summed E-state index contributed by atoms with van der Waals surface area (Å²) in [4.78, 5) is 10.7. The van der Waals surface area contributed by atoms with Gasteiger partial charge in [0.25, 0.3) is 0 Å². The first-order chi connectivity index (χ1) is 12.7. The first-order valence-electron chi connectivity index (χ1n) is 8.08. The summed E-state index contributed by atoms with van der Waals surface area (Å²) >= 11 is 0. The summed E-state index contributed by atoms with van der Waals surface area (Å²) in [5.41, 5.74) is 0. The van der Waals surface area contributed by atoms with Crippen LogP contribution in [0, 0.1) is 76.5 Å². The van der Waals surface area contributed by atoms with Crippen molar-refractivity contribution >= 4 is 5.97 Å². The van der Waals surface area contributed by atoms with Gasteiger partial charge in [-0.15, -0.1) is 5.92 Å². The van der Waals surface area contributed by atoms with E-state index in [2.05, 4.69) is 32.1 Å². The van der Waals surface area contributed by atoms with E-state index in [1.54, 1.807) is 0 Å². The first-order valence-corrected chi connectivity index (χ1v) is 8.08. The SMILES string of the molecule is CCCCC#C[C@H]1[CH][CH][CH][C@@H](COC(C)=O)O1.[C-]#[O+].[C-]#[O+].[CH]1[CH][CH][CH][CH]1.[Mo]. The minimum Gasteiger partial charge on any atom is -0.0312 e. The molecule has 1 saturated carbocycles. The van der Waals surface area contributed by atoms with Crippen molar-refractivity contribution in [1.29, 1.82) is 0 Å². The summed E-state index contributed by atoms with van der Waals surface area (Å²) in [7, 11) is 0. The average molecular weight is 452 g/mol. The molecule has 8 radical (unpaired) electrons. The molecular formula is C21H24MoO5. The van der Waals surface area contributed by atoms with E-state index in [1.807, 2.05) is 51.4 Å². The van der Waals surface area contributed by atoms with Crippen LogP contribution in [0.5, 0.6) is 0 Å². The first kappa shape index (κ1) is 30.9. The summed E-state index contributed by atoms with van der Waals surface area (Å²) < 4.78 is 25.5. The number of ether oxygens (including phenoxy) is 2. The van der Waals surface area contributed by atoms with Crippen molar-refractivity contribution in [1.82, 2.24) is 0 Å². The molecule has 0 aromatic heterocycles. The fourth-order valence-corrected chi connectivity index (χ4v) is 1.70. The maximum absolute atomic E-state index is 10.7. The second kappa shape index (κ2) is 25.2. The van der Waals surface area contributed by atoms with E-state index in [0.717, 1.165) is 19.3 Å². The van der Waals surface area contributed by atoms with Gasteiger partial charge in [0.05, 0.1) is 6.10 Å². The van der Waals surface area contributed by atoms with Crippen LogP contribution in [0.1, 0.15) is 33.1 Å². The summed E-state index contributed by atoms with van der Waals surface area (Å²) in [6, 6.07) is 0. The molecule has 1 aliphatic carbocycles. The van der Waals surface area contributed by atoms with Crippen LogP contribution < -0.4 is 0 Å². The Bertz CT molecular complexity index is 418. The molecule has 2 aliphatic rings. The molecule has 0 N–H and O–H groups in total. The van der Waals surface area contributed by atoms with Crippen LogP contribution in [0.3, 0.4) is 0 Å². The number of unbranched alkanes of at least 4 members (excludes halogenated alkanes) is 2. The molecule has 0 bridgehead atoms. The average Bonchev–Trinajstić information content (AvgIpc) is 3.27. The van der Waals surface area contributed by atoms with Gasteiger partial charge in [0.15, 0.2) is 0 Å². The van der Waals surface area contributed by atoms with Crippen LogP contribution >= 0.6 is 0 Å². The molecule has 0 amide bonds. The van der Waals surface area contributed by atoms with Gasteiger partial charge in [-0.05, 0) is 51.4 Å². The Morgan fingerprint density at radius 3 is 2.11 bits per heavy atom. The number of hydrogen-bond acceptors (Lipinski definition) is 3. The quantitative estimate of drug-likeness (QED) is 0.164. The number of carbonyl (C=O) groups is 1. The molecule has 2 fully saturated rings. The number of hydrogen-bond donors (Lipinski definition) is 0. The maximum Gasteiger partial charge on any atom is 0 e. The number of carbonyl (C=O) groups excluding carboxylic acids is 1. The van der Waals surface area contributed by atoms with Crippen LogP contribution in [0.25, 0.3) is 0 Å². The van der Waals surface area contributed by atoms with Crippen LogP contribution in [0.2, 0.25) is 0 Å². The Morgan fingerprint density at radius 1 is 1.07 bits per heavy atom. The minimum atomic E-state index is -0.290. The third-order valence-electron chi connectivity index (χ3n) is 2.84. The van der Waals surface area contributed by atoms with Crippen molar-refractivity contribution in [2.24, 2.45) is 0 Å². The third kappa shape index (κ3) is 21.3. The van der Waals surface area contributed by atoms with E-state index in [4.69, 9.17) is 18.8 Å². The predicted molar refractivity (Wildman–Crippen MR) is 94.9 cm³/mol. The molecule has 6 heteroatoms. The van der Waals surface area contributed by atoms with Crippen molar-refractivity contribution in [2.75, 3.05) is 6.61 Å². The van der Waals surface area contributed by atoms with Gasteiger partial charge >= 0.3 is 28.6 Å². The van der Waals surface area contributed by atoms with E-state index >= 15 is 0 Å². The molecule has 1 saturated heterocycles. The van der Waals surface area contributed by atoms with Crippen LogP contribution in [-0.2, 0) is 44.6 Å². The second-order valence-electron chi connectivity index (χ2n) is 4.86. The van der Waals surface area contributed by atoms with E-state index in [0.29, 0.717) is 0 Å². The zero-order valence-corrected chi connectivity index (χ0v) is 17.6. The minimum absolute atomic E-state index is 0. The summed E-state index contributed by atoms with van der Waals surface area (Å²) in [5.74, 6) is 5.86. The van der Waals surface area contributed by atoms with E-state index in [9.17, 15) is 4.79 Å². The van der Waals surface area contributed by atoms with Crippen LogP contribution in [0.15, 0.2) is 0 Å². The van der Waals surface area contributed by atoms with Crippen molar-refractivity contribution < 1.29 is 44.6 Å². The standard InChI is InChI=1S/C14H19O3.C5H5.2CO.Mo/c1-3-4-5-6-8-13-9-7-10-14(17-13)11-16-12(2)15;1-2-4-5-3-1;2*1-2;/h7,9-10,13-14H,3-5,11H2,1-2H3;1-5H;;;/t13-,14-;;;;/m0..../s1. The smallest absolute Gasteiger partial charge is 0 e. The summed E-state index contributed by atoms with van der Waals surface area (Å²) in [5, 5.41) is 0. The Hall–Kier alpha value is -0.842. The molecule has 2 rings (SSSR count). The topological polar surface area (TPSA) is 75.3 Å². The molecule has 144 valence electrons. The van der Waals surface area contributed by atoms with Crippen molar-refractivity contribution in [3.8, 4) is 11.8 Å². The second-order valence-corrected chi connectivity index (χ2v) is 4.86. The zero-order valence-electron chi connectivity index (χ0n) is 15.6. The molecule has 1 aliphatic heterocycles. The van der Waals surface area contributed by atoms with Crippen LogP contribution in [0.4, 0.5) is 0 Å². The van der Waals surface area contributed by atoms with Crippen molar-refractivity contribution in [3.63, 3.8) is 0 Å². The molecular weight excluding hydrogens is 428 g/mol. The molecule has 0 spiro atoms. The van der Waals surface area contributed by atoms with Gasteiger partial charge in [-0.1, -0.05) is 19.3 Å². The van der Waals surface area contributed by atoms with Gasteiger partial charge in [-0.3, -0.25) is 4.79 Å². The van der Waals surface area contributed by atoms with Gasteiger partial charge in [0, 0.05) is 40.8 Å². The van der Waals surface area contributed by atoms with Gasteiger partial charge in [0.1, 0.15) is 12.7 Å². The normalized spacial score (nSPS) is 19.5. The molecule has 1 heterocycles. The number of rotatable bonds is 4. The Balaban J connectivity index is -0.000000482. The Morgan fingerprint density at radius 2 is 1.63 bits per heavy atom. The summed E-state index contributed by atoms with van der Waals surface area (Å²) in [6.07, 6.45) is 18.5. The largest absolute Gasteiger partial charge is 0.0312 e. The van der Waals surface area contributed by atoms with E-state index in [1.165, 1.54) is 6.92 Å². The Kier molecular flexibility index (Phi) is 28.8. The van der Waals surface area contributed by atoms with E-state index < -0.39 is 0 Å². The van der Waals surface area contributed by atoms with Gasteiger partial charge < -0.3 is 9.47 Å². The Labute approximate surface area is 179 Å². The van der Waals surface area contributed by atoms with Gasteiger partial charge in [-0.25, -0.2) is 0 Å². The fourth-order valence-electron chi connectivity index (χ4n) is 1.70. The maximum atomic E-state index is 10.7. The monoisotopic (exact) mass is 454 g/mol. The van der Waals surface area contributed by atoms with Gasteiger partial charge in [0.2, 0.25) is 0 Å². The molecule has 5 nitrogen and oxygen atoms in total. The zero-order chi connectivity index (χ0) is 20.0. The molecule has 0 aromatic carbocycles. The fraction of sp³-hybridized carbons (Fsp3) is 0.381. The van der Waals surface area contributed by atoms with Crippen molar-refractivity contribution in [3.05, 3.63) is 64.7 Å². The number of esters is 1. The molecule has 0 unspecified atom stereocenters. The van der Waals surface area contributed by atoms with E-state index in [-0.39, 0.29) is 45.8 Å². The summed E-state index contributed by atoms with van der Waals surface area (Å²) in [6.45, 7) is 12.8. The van der Waals surface area contributed by atoms with Crippen LogP contribution in [-0.4, -0.2) is 24.8 Å². The molecule has 27 heavy (non-hydrogen) atoms. The molecule has 2 atom stereocenters. The van der Waals surface area contributed by atoms with Gasteiger partial charge in [-0.2, -0.15) is 0 Å². The molecule has 0 aromatic rings.